The van der Waals surface area contributed by atoms with Gasteiger partial charge in [-0.15, -0.1) is 0 Å². The van der Waals surface area contributed by atoms with Crippen LogP contribution in [0.4, 0.5) is 0 Å². The van der Waals surface area contributed by atoms with Gasteiger partial charge in [-0.2, -0.15) is 0 Å². The molecular weight excluding hydrogens is 290 g/mol. The summed E-state index contributed by atoms with van der Waals surface area (Å²) in [7, 11) is 1.37. The normalized spacial score (nSPS) is 24.9. The van der Waals surface area contributed by atoms with Crippen LogP contribution in [-0.4, -0.2) is 29.9 Å². The second-order valence-corrected chi connectivity index (χ2v) is 6.07. The maximum absolute atomic E-state index is 12.3. The number of likely N-dealkylation sites (tertiary alicyclic amines) is 1. The largest absolute Gasteiger partial charge is 0.467 e. The van der Waals surface area contributed by atoms with E-state index in [1.165, 1.54) is 12.7 Å². The van der Waals surface area contributed by atoms with Gasteiger partial charge in [-0.05, 0) is 48.9 Å². The van der Waals surface area contributed by atoms with Crippen molar-refractivity contribution in [3.8, 4) is 0 Å². The van der Waals surface area contributed by atoms with Crippen LogP contribution >= 0.6 is 11.6 Å². The molecular formula is C16H18ClNO3. The SMILES string of the molecule is COC(=O)C1CCC(=O)N1C1CCCc2ccc(Cl)cc21. The molecule has 1 heterocycles. The molecule has 0 radical (unpaired) electrons. The zero-order chi connectivity index (χ0) is 15.0. The smallest absolute Gasteiger partial charge is 0.328 e. The third-order valence-corrected chi connectivity index (χ3v) is 4.69. The molecule has 2 unspecified atom stereocenters. The van der Waals surface area contributed by atoms with Crippen molar-refractivity contribution in [2.75, 3.05) is 7.11 Å². The molecule has 1 aliphatic carbocycles. The van der Waals surface area contributed by atoms with Crippen LogP contribution in [-0.2, 0) is 20.7 Å². The van der Waals surface area contributed by atoms with E-state index in [-0.39, 0.29) is 17.9 Å². The van der Waals surface area contributed by atoms with Crippen LogP contribution in [0.1, 0.15) is 42.9 Å². The minimum absolute atomic E-state index is 0.0308. The van der Waals surface area contributed by atoms with E-state index in [1.807, 2.05) is 18.2 Å². The first kappa shape index (κ1) is 14.4. The van der Waals surface area contributed by atoms with Crippen molar-refractivity contribution < 1.29 is 14.3 Å². The van der Waals surface area contributed by atoms with E-state index in [0.29, 0.717) is 17.9 Å². The Morgan fingerprint density at radius 3 is 2.90 bits per heavy atom. The molecule has 0 spiro atoms. The summed E-state index contributed by atoms with van der Waals surface area (Å²) in [6.07, 6.45) is 3.82. The molecule has 1 aliphatic heterocycles. The van der Waals surface area contributed by atoms with E-state index in [2.05, 4.69) is 0 Å². The van der Waals surface area contributed by atoms with E-state index in [9.17, 15) is 9.59 Å². The second-order valence-electron chi connectivity index (χ2n) is 5.63. The standard InChI is InChI=1S/C16H18ClNO3/c1-21-16(20)14-7-8-15(19)18(14)13-4-2-3-10-5-6-11(17)9-12(10)13/h5-6,9,13-14H,2-4,7-8H2,1H3. The molecule has 5 heteroatoms. The number of ether oxygens (including phenoxy) is 1. The number of aryl methyl sites for hydroxylation is 1. The topological polar surface area (TPSA) is 46.6 Å². The molecule has 112 valence electrons. The maximum Gasteiger partial charge on any atom is 0.328 e. The lowest BCUT2D eigenvalue weighted by Crippen LogP contribution is -2.42. The highest BCUT2D eigenvalue weighted by molar-refractivity contribution is 6.30. The van der Waals surface area contributed by atoms with Crippen molar-refractivity contribution >= 4 is 23.5 Å². The predicted octanol–water partition coefficient (Wildman–Crippen LogP) is 2.88. The Morgan fingerprint density at radius 2 is 2.14 bits per heavy atom. The summed E-state index contributed by atoms with van der Waals surface area (Å²) in [6, 6.07) is 5.31. The zero-order valence-electron chi connectivity index (χ0n) is 12.0. The molecule has 21 heavy (non-hydrogen) atoms. The fourth-order valence-corrected chi connectivity index (χ4v) is 3.68. The number of carbonyl (C=O) groups excluding carboxylic acids is 2. The van der Waals surface area contributed by atoms with Gasteiger partial charge in [0.25, 0.3) is 0 Å². The van der Waals surface area contributed by atoms with Crippen molar-refractivity contribution in [3.63, 3.8) is 0 Å². The molecule has 3 rings (SSSR count). The molecule has 2 aliphatic rings. The van der Waals surface area contributed by atoms with Crippen molar-refractivity contribution in [1.82, 2.24) is 4.90 Å². The first-order valence-electron chi connectivity index (χ1n) is 7.29. The Balaban J connectivity index is 1.98. The number of methoxy groups -OCH3 is 1. The van der Waals surface area contributed by atoms with Gasteiger partial charge in [0.1, 0.15) is 6.04 Å². The third-order valence-electron chi connectivity index (χ3n) is 4.46. The van der Waals surface area contributed by atoms with Crippen molar-refractivity contribution in [2.24, 2.45) is 0 Å². The number of benzene rings is 1. The Bertz CT molecular complexity index is 587. The van der Waals surface area contributed by atoms with Crippen LogP contribution < -0.4 is 0 Å². The lowest BCUT2D eigenvalue weighted by Gasteiger charge is -2.36. The fraction of sp³-hybridized carbons (Fsp3) is 0.500. The number of nitrogens with zero attached hydrogens (tertiary/aromatic N) is 1. The number of fused-ring (bicyclic) bond motifs is 1. The Morgan fingerprint density at radius 1 is 1.33 bits per heavy atom. The van der Waals surface area contributed by atoms with Crippen LogP contribution in [0, 0.1) is 0 Å². The highest BCUT2D eigenvalue weighted by Gasteiger charge is 2.42. The molecule has 1 saturated heterocycles. The van der Waals surface area contributed by atoms with Gasteiger partial charge in [-0.25, -0.2) is 4.79 Å². The summed E-state index contributed by atoms with van der Waals surface area (Å²) >= 11 is 6.12. The van der Waals surface area contributed by atoms with Gasteiger partial charge in [-0.3, -0.25) is 4.79 Å². The van der Waals surface area contributed by atoms with Crippen molar-refractivity contribution in [3.05, 3.63) is 34.3 Å². The maximum atomic E-state index is 12.3. The summed E-state index contributed by atoms with van der Waals surface area (Å²) in [5.74, 6) is -0.293. The molecule has 0 bridgehead atoms. The van der Waals surface area contributed by atoms with Crippen molar-refractivity contribution in [1.29, 1.82) is 0 Å². The molecule has 0 saturated carbocycles. The van der Waals surface area contributed by atoms with Crippen LogP contribution in [0.25, 0.3) is 0 Å². The van der Waals surface area contributed by atoms with E-state index in [1.54, 1.807) is 4.90 Å². The average molecular weight is 308 g/mol. The number of halogens is 1. The van der Waals surface area contributed by atoms with Crippen LogP contribution in [0.5, 0.6) is 0 Å². The van der Waals surface area contributed by atoms with E-state index >= 15 is 0 Å². The van der Waals surface area contributed by atoms with Crippen LogP contribution in [0.2, 0.25) is 5.02 Å². The van der Waals surface area contributed by atoms with Gasteiger partial charge in [-0.1, -0.05) is 17.7 Å². The molecule has 0 aromatic heterocycles. The second kappa shape index (κ2) is 5.68. The number of esters is 1. The van der Waals surface area contributed by atoms with Crippen LogP contribution in [0.15, 0.2) is 18.2 Å². The Hall–Kier alpha value is -1.55. The summed E-state index contributed by atoms with van der Waals surface area (Å²) in [6.45, 7) is 0. The van der Waals surface area contributed by atoms with Gasteiger partial charge in [0, 0.05) is 11.4 Å². The Labute approximate surface area is 129 Å². The van der Waals surface area contributed by atoms with E-state index < -0.39 is 6.04 Å². The van der Waals surface area contributed by atoms with Gasteiger partial charge in [0.15, 0.2) is 0 Å². The van der Waals surface area contributed by atoms with Crippen molar-refractivity contribution in [2.45, 2.75) is 44.2 Å². The lowest BCUT2D eigenvalue weighted by atomic mass is 9.86. The summed E-state index contributed by atoms with van der Waals surface area (Å²) in [5, 5.41) is 0.668. The molecule has 0 N–H and O–H groups in total. The average Bonchev–Trinajstić information content (AvgIpc) is 2.87. The first-order valence-corrected chi connectivity index (χ1v) is 7.67. The van der Waals surface area contributed by atoms with Gasteiger partial charge < -0.3 is 9.64 Å². The third kappa shape index (κ3) is 2.53. The zero-order valence-corrected chi connectivity index (χ0v) is 12.7. The molecule has 1 fully saturated rings. The number of hydrogen-bond acceptors (Lipinski definition) is 3. The highest BCUT2D eigenvalue weighted by Crippen LogP contribution is 2.40. The minimum Gasteiger partial charge on any atom is -0.467 e. The number of hydrogen-bond donors (Lipinski definition) is 0. The van der Waals surface area contributed by atoms with E-state index in [0.717, 1.165) is 24.8 Å². The molecule has 1 aromatic rings. The van der Waals surface area contributed by atoms with E-state index in [4.69, 9.17) is 16.3 Å². The predicted molar refractivity (Wildman–Crippen MR) is 79.0 cm³/mol. The highest BCUT2D eigenvalue weighted by atomic mass is 35.5. The molecule has 1 aromatic carbocycles. The number of carbonyl (C=O) groups is 2. The number of amides is 1. The minimum atomic E-state index is -0.461. The Kier molecular flexibility index (Phi) is 3.89. The summed E-state index contributed by atoms with van der Waals surface area (Å²) in [4.78, 5) is 26.0. The van der Waals surface area contributed by atoms with Gasteiger partial charge in [0.05, 0.1) is 13.2 Å². The monoisotopic (exact) mass is 307 g/mol. The van der Waals surface area contributed by atoms with Gasteiger partial charge in [0.2, 0.25) is 5.91 Å². The quantitative estimate of drug-likeness (QED) is 0.789. The molecule has 2 atom stereocenters. The summed E-state index contributed by atoms with van der Waals surface area (Å²) < 4.78 is 4.86. The fourth-order valence-electron chi connectivity index (χ4n) is 3.49. The van der Waals surface area contributed by atoms with Crippen LogP contribution in [0.3, 0.4) is 0 Å². The summed E-state index contributed by atoms with van der Waals surface area (Å²) in [5.41, 5.74) is 2.30. The van der Waals surface area contributed by atoms with Gasteiger partial charge >= 0.3 is 5.97 Å². The first-order chi connectivity index (χ1) is 10.1. The lowest BCUT2D eigenvalue weighted by molar-refractivity contribution is -0.151. The number of rotatable bonds is 2. The molecule has 4 nitrogen and oxygen atoms in total. The molecule has 1 amide bonds.